The number of imide groups is 1. The minimum absolute atomic E-state index is 0.0538. The molecule has 3 rings (SSSR count). The number of hydrogen-bond donors (Lipinski definition) is 1. The van der Waals surface area contributed by atoms with Gasteiger partial charge in [0.15, 0.2) is 0 Å². The molecule has 0 unspecified atom stereocenters. The van der Waals surface area contributed by atoms with Crippen LogP contribution in [0, 0.1) is 5.82 Å². The molecule has 1 aliphatic heterocycles. The van der Waals surface area contributed by atoms with Gasteiger partial charge in [-0.05, 0) is 35.4 Å². The summed E-state index contributed by atoms with van der Waals surface area (Å²) in [6.45, 7) is -0.0558. The minimum Gasteiger partial charge on any atom is -0.396 e. The van der Waals surface area contributed by atoms with Gasteiger partial charge in [-0.15, -0.1) is 11.8 Å². The first-order valence-corrected chi connectivity index (χ1v) is 9.22. The number of carbonyl (C=O) groups is 2. The third-order valence-corrected chi connectivity index (χ3v) is 5.16. The zero-order chi connectivity index (χ0) is 18.7. The molecule has 0 bridgehead atoms. The van der Waals surface area contributed by atoms with Gasteiger partial charge in [0, 0.05) is 10.8 Å². The van der Waals surface area contributed by atoms with E-state index in [0.717, 1.165) is 16.7 Å². The summed E-state index contributed by atoms with van der Waals surface area (Å²) in [4.78, 5) is 27.1. The Kier molecular flexibility index (Phi) is 5.76. The van der Waals surface area contributed by atoms with Crippen molar-refractivity contribution in [2.75, 3.05) is 12.4 Å². The van der Waals surface area contributed by atoms with E-state index in [9.17, 15) is 14.0 Å². The molecule has 134 valence electrons. The number of aliphatic hydroxyl groups excluding tert-OH is 1. The number of nitrogens with zero attached hydrogens (tertiary/aromatic N) is 1. The number of halogens is 2. The Morgan fingerprint density at radius 3 is 2.27 bits per heavy atom. The zero-order valence-electron chi connectivity index (χ0n) is 13.6. The summed E-state index contributed by atoms with van der Waals surface area (Å²) in [5.41, 5.74) is 1.54. The van der Waals surface area contributed by atoms with Crippen molar-refractivity contribution in [1.82, 2.24) is 4.90 Å². The maximum atomic E-state index is 13.1. The molecular weight excluding hydrogens is 377 g/mol. The van der Waals surface area contributed by atoms with Crippen molar-refractivity contribution in [3.8, 4) is 0 Å². The van der Waals surface area contributed by atoms with Crippen LogP contribution >= 0.6 is 23.4 Å². The van der Waals surface area contributed by atoms with Gasteiger partial charge in [-0.3, -0.25) is 14.5 Å². The molecule has 2 aromatic carbocycles. The number of amides is 2. The maximum absolute atomic E-state index is 13.1. The van der Waals surface area contributed by atoms with Crippen molar-refractivity contribution in [3.05, 3.63) is 75.4 Å². The van der Waals surface area contributed by atoms with Crippen molar-refractivity contribution < 1.29 is 19.1 Å². The summed E-state index contributed by atoms with van der Waals surface area (Å²) < 4.78 is 13.1. The smallest absolute Gasteiger partial charge is 0.268 e. The summed E-state index contributed by atoms with van der Waals surface area (Å²) in [5, 5.41) is 9.62. The van der Waals surface area contributed by atoms with Crippen LogP contribution in [0.1, 0.15) is 11.1 Å². The lowest BCUT2D eigenvalue weighted by Gasteiger charge is -2.15. The van der Waals surface area contributed by atoms with Crippen LogP contribution in [0.4, 0.5) is 4.39 Å². The maximum Gasteiger partial charge on any atom is 0.268 e. The molecule has 0 radical (unpaired) electrons. The van der Waals surface area contributed by atoms with Crippen LogP contribution in [0.3, 0.4) is 0 Å². The second kappa shape index (κ2) is 8.03. The van der Waals surface area contributed by atoms with E-state index >= 15 is 0 Å². The van der Waals surface area contributed by atoms with Gasteiger partial charge in [0.05, 0.1) is 23.6 Å². The predicted molar refractivity (Wildman–Crippen MR) is 99.9 cm³/mol. The van der Waals surface area contributed by atoms with Crippen molar-refractivity contribution >= 4 is 40.8 Å². The van der Waals surface area contributed by atoms with Gasteiger partial charge in [0.25, 0.3) is 11.8 Å². The third-order valence-electron chi connectivity index (χ3n) is 3.85. The van der Waals surface area contributed by atoms with E-state index in [1.165, 1.54) is 24.3 Å². The number of carbonyl (C=O) groups excluding carboxylic acids is 2. The standard InChI is InChI=1S/C19H15ClFNO3S/c20-14-5-3-13(4-6-14)16-17(26-10-9-23)19(25)22(18(16)24)11-12-1-7-15(21)8-2-12/h1-8,23H,9-11H2. The molecule has 4 nitrogen and oxygen atoms in total. The molecule has 2 aromatic rings. The largest absolute Gasteiger partial charge is 0.396 e. The summed E-state index contributed by atoms with van der Waals surface area (Å²) in [5.74, 6) is -0.910. The number of thioether (sulfide) groups is 1. The van der Waals surface area contributed by atoms with Crippen LogP contribution in [0.2, 0.25) is 5.02 Å². The van der Waals surface area contributed by atoms with Crippen molar-refractivity contribution in [2.24, 2.45) is 0 Å². The molecule has 1 N–H and O–H groups in total. The van der Waals surface area contributed by atoms with Gasteiger partial charge >= 0.3 is 0 Å². The average Bonchev–Trinajstić information content (AvgIpc) is 2.87. The zero-order valence-corrected chi connectivity index (χ0v) is 15.2. The van der Waals surface area contributed by atoms with E-state index in [2.05, 4.69) is 0 Å². The van der Waals surface area contributed by atoms with Gasteiger partial charge in [0.2, 0.25) is 0 Å². The highest BCUT2D eigenvalue weighted by Gasteiger charge is 2.39. The molecule has 0 saturated heterocycles. The van der Waals surface area contributed by atoms with E-state index in [4.69, 9.17) is 16.7 Å². The highest BCUT2D eigenvalue weighted by molar-refractivity contribution is 8.04. The first kappa shape index (κ1) is 18.6. The summed E-state index contributed by atoms with van der Waals surface area (Å²) in [6.07, 6.45) is 0. The van der Waals surface area contributed by atoms with E-state index in [0.29, 0.717) is 32.4 Å². The van der Waals surface area contributed by atoms with Gasteiger partial charge in [-0.2, -0.15) is 0 Å². The highest BCUT2D eigenvalue weighted by Crippen LogP contribution is 2.37. The molecule has 1 aliphatic rings. The molecular formula is C19H15ClFNO3S. The van der Waals surface area contributed by atoms with Crippen LogP contribution in [-0.2, 0) is 16.1 Å². The van der Waals surface area contributed by atoms with Gasteiger partial charge in [0.1, 0.15) is 5.82 Å². The Balaban J connectivity index is 1.94. The Morgan fingerprint density at radius 2 is 1.65 bits per heavy atom. The number of benzene rings is 2. The Morgan fingerprint density at radius 1 is 1.00 bits per heavy atom. The van der Waals surface area contributed by atoms with Gasteiger partial charge in [-0.25, -0.2) is 4.39 Å². The molecule has 0 fully saturated rings. The van der Waals surface area contributed by atoms with Crippen LogP contribution in [0.15, 0.2) is 53.4 Å². The molecule has 26 heavy (non-hydrogen) atoms. The molecule has 0 saturated carbocycles. The lowest BCUT2D eigenvalue weighted by atomic mass is 10.1. The monoisotopic (exact) mass is 391 g/mol. The SMILES string of the molecule is O=C1C(SCCO)=C(c2ccc(Cl)cc2)C(=O)N1Cc1ccc(F)cc1. The van der Waals surface area contributed by atoms with Gasteiger partial charge in [-0.1, -0.05) is 35.9 Å². The van der Waals surface area contributed by atoms with Gasteiger partial charge < -0.3 is 5.11 Å². The van der Waals surface area contributed by atoms with Crippen LogP contribution in [0.25, 0.3) is 5.57 Å². The molecule has 1 heterocycles. The number of hydrogen-bond acceptors (Lipinski definition) is 4. The van der Waals surface area contributed by atoms with Crippen molar-refractivity contribution in [3.63, 3.8) is 0 Å². The lowest BCUT2D eigenvalue weighted by molar-refractivity contribution is -0.137. The van der Waals surface area contributed by atoms with E-state index in [-0.39, 0.29) is 19.0 Å². The Hall–Kier alpha value is -2.15. The van der Waals surface area contributed by atoms with Crippen molar-refractivity contribution in [2.45, 2.75) is 6.54 Å². The molecule has 2 amide bonds. The van der Waals surface area contributed by atoms with Crippen LogP contribution < -0.4 is 0 Å². The lowest BCUT2D eigenvalue weighted by Crippen LogP contribution is -2.31. The summed E-state index contributed by atoms with van der Waals surface area (Å²) in [7, 11) is 0. The molecule has 0 spiro atoms. The van der Waals surface area contributed by atoms with Crippen molar-refractivity contribution in [1.29, 1.82) is 0 Å². The Bertz CT molecular complexity index is 865. The Labute approximate surface area is 159 Å². The fraction of sp³-hybridized carbons (Fsp3) is 0.158. The number of aliphatic hydroxyl groups is 1. The fourth-order valence-corrected chi connectivity index (χ4v) is 3.63. The van der Waals surface area contributed by atoms with Crippen LogP contribution in [-0.4, -0.2) is 34.2 Å². The van der Waals surface area contributed by atoms with E-state index in [1.807, 2.05) is 0 Å². The molecule has 7 heteroatoms. The topological polar surface area (TPSA) is 57.6 Å². The number of rotatable bonds is 6. The van der Waals surface area contributed by atoms with Crippen LogP contribution in [0.5, 0.6) is 0 Å². The minimum atomic E-state index is -0.415. The summed E-state index contributed by atoms with van der Waals surface area (Å²) in [6, 6.07) is 12.3. The fourth-order valence-electron chi connectivity index (χ4n) is 2.62. The first-order chi connectivity index (χ1) is 12.5. The quantitative estimate of drug-likeness (QED) is 0.766. The first-order valence-electron chi connectivity index (χ1n) is 7.85. The predicted octanol–water partition coefficient (Wildman–Crippen LogP) is 3.48. The molecule has 0 aliphatic carbocycles. The molecule has 0 atom stereocenters. The molecule has 0 aromatic heterocycles. The second-order valence-corrected chi connectivity index (χ2v) is 7.15. The highest BCUT2D eigenvalue weighted by atomic mass is 35.5. The average molecular weight is 392 g/mol. The van der Waals surface area contributed by atoms with E-state index < -0.39 is 11.8 Å². The van der Waals surface area contributed by atoms with E-state index in [1.54, 1.807) is 24.3 Å². The summed E-state index contributed by atoms with van der Waals surface area (Å²) >= 11 is 7.05. The normalized spacial score (nSPS) is 14.5. The second-order valence-electron chi connectivity index (χ2n) is 5.61. The third kappa shape index (κ3) is 3.82.